The molecule has 2 unspecified atom stereocenters. The summed E-state index contributed by atoms with van der Waals surface area (Å²) in [7, 11) is 0. The molecule has 0 aliphatic carbocycles. The SMILES string of the molecule is C/C(CCC(=O)OCCCOC(=O)CC/C(C)=N/NC(=O)CC(O)(CC(=O)N/N=C(\C)CCC(=O)OCCCOC(=O)CCC(C)(C)C(C)(C)N)C(=O)NN)=N\NC(=O)CC(O)(CC(=O)NN)C(=O)NN.CCC. The van der Waals surface area contributed by atoms with Crippen molar-refractivity contribution in [3.63, 3.8) is 0 Å². The number of amides is 6. The van der Waals surface area contributed by atoms with Crippen molar-refractivity contribution in [1.29, 1.82) is 0 Å². The Morgan fingerprint density at radius 3 is 0.986 bits per heavy atom. The first-order valence-electron chi connectivity index (χ1n) is 23.8. The highest BCUT2D eigenvalue weighted by Gasteiger charge is 2.41. The van der Waals surface area contributed by atoms with Gasteiger partial charge in [0.2, 0.25) is 23.6 Å². The van der Waals surface area contributed by atoms with Crippen LogP contribution in [0.25, 0.3) is 0 Å². The second-order valence-electron chi connectivity index (χ2n) is 18.3. The van der Waals surface area contributed by atoms with Gasteiger partial charge in [0.25, 0.3) is 11.8 Å². The van der Waals surface area contributed by atoms with E-state index >= 15 is 0 Å². The molecule has 0 aliphatic heterocycles. The van der Waals surface area contributed by atoms with Crippen molar-refractivity contribution in [3.8, 4) is 0 Å². The van der Waals surface area contributed by atoms with E-state index in [2.05, 4.69) is 45.4 Å². The van der Waals surface area contributed by atoms with Crippen LogP contribution in [-0.4, -0.2) is 130 Å². The van der Waals surface area contributed by atoms with Gasteiger partial charge in [-0.2, -0.15) is 15.3 Å². The molecule has 0 radical (unpaired) electrons. The first-order chi connectivity index (χ1) is 34.4. The van der Waals surface area contributed by atoms with Crippen LogP contribution in [0.2, 0.25) is 0 Å². The third-order valence-electron chi connectivity index (χ3n) is 10.6. The van der Waals surface area contributed by atoms with Gasteiger partial charge in [-0.25, -0.2) is 33.8 Å². The standard InChI is InChI=1S/C42H73N13O16.C3H8/c1-26(50-53-30(57)23-41(66,37(64)48-45)22-29(56)47-44)10-13-33(60)68-18-8-19-69-34(61)14-11-27(2)51-54-31(58)24-42(67,38(65)49-46)25-32(59)55-52-28(3)12-15-35(62)70-20-9-21-71-36(63)16-17-39(4,5)40(6,7)43;1-3-2/h66-67H,8-25,43-46H2,1-7H3,(H,47,56)(H,48,64)(H,49,65)(H,53,57)(H,54,58)(H,55,59);3H2,1-2H3/b50-26+,51-27+,52-28+;. The lowest BCUT2D eigenvalue weighted by Crippen LogP contribution is -2.54. The number of hydrogen-bond acceptors (Lipinski definition) is 23. The van der Waals surface area contributed by atoms with E-state index in [0.717, 1.165) is 0 Å². The first kappa shape index (κ1) is 69.5. The van der Waals surface area contributed by atoms with Gasteiger partial charge in [0, 0.05) is 41.9 Å². The normalized spacial score (nSPS) is 13.5. The Kier molecular flexibility index (Phi) is 34.2. The van der Waals surface area contributed by atoms with Crippen molar-refractivity contribution in [1.82, 2.24) is 32.6 Å². The number of esters is 4. The summed E-state index contributed by atoms with van der Waals surface area (Å²) >= 11 is 0. The van der Waals surface area contributed by atoms with E-state index in [4.69, 9.17) is 42.2 Å². The van der Waals surface area contributed by atoms with Crippen molar-refractivity contribution >= 4 is 76.5 Å². The molecule has 16 N–H and O–H groups in total. The molecule has 0 aromatic rings. The zero-order valence-electron chi connectivity index (χ0n) is 44.2. The summed E-state index contributed by atoms with van der Waals surface area (Å²) in [5, 5.41) is 32.8. The van der Waals surface area contributed by atoms with Crippen LogP contribution >= 0.6 is 0 Å². The zero-order chi connectivity index (χ0) is 57.1. The lowest BCUT2D eigenvalue weighted by atomic mass is 9.72. The average molecular weight is 1060 g/mol. The fourth-order valence-electron chi connectivity index (χ4n) is 5.32. The number of carbonyl (C=O) groups is 10. The van der Waals surface area contributed by atoms with Gasteiger partial charge in [-0.3, -0.25) is 64.2 Å². The van der Waals surface area contributed by atoms with Crippen molar-refractivity contribution in [2.75, 3.05) is 26.4 Å². The van der Waals surface area contributed by atoms with Crippen LogP contribution in [-0.2, 0) is 66.9 Å². The minimum absolute atomic E-state index is 0.0117. The summed E-state index contributed by atoms with van der Waals surface area (Å²) in [4.78, 5) is 122. The monoisotopic (exact) mass is 1060 g/mol. The maximum Gasteiger partial charge on any atom is 0.306 e. The van der Waals surface area contributed by atoms with E-state index in [-0.39, 0.29) is 107 Å². The Bertz CT molecular complexity index is 1970. The molecule has 0 aromatic heterocycles. The summed E-state index contributed by atoms with van der Waals surface area (Å²) in [5.74, 6) is 6.65. The predicted molar refractivity (Wildman–Crippen MR) is 267 cm³/mol. The molecule has 0 heterocycles. The second-order valence-corrected chi connectivity index (χ2v) is 18.3. The summed E-state index contributed by atoms with van der Waals surface area (Å²) in [6.45, 7) is 16.3. The molecular formula is C45H81N13O16. The number of ether oxygens (including phenoxy) is 4. The van der Waals surface area contributed by atoms with Gasteiger partial charge in [0.15, 0.2) is 11.2 Å². The minimum Gasteiger partial charge on any atom is -0.466 e. The molecule has 0 aromatic carbocycles. The van der Waals surface area contributed by atoms with E-state index in [1.807, 2.05) is 27.7 Å². The number of nitrogens with two attached hydrogens (primary N) is 4. The number of aliphatic hydroxyl groups is 2. The maximum atomic E-state index is 12.6. The van der Waals surface area contributed by atoms with Gasteiger partial charge < -0.3 is 34.9 Å². The molecule has 0 spiro atoms. The Labute approximate surface area is 431 Å². The Balaban J connectivity index is 0. The number of hydrazine groups is 3. The number of carbonyl (C=O) groups excluding carboxylic acids is 10. The number of nitrogens with one attached hydrogen (secondary N) is 6. The second kappa shape index (κ2) is 36.4. The van der Waals surface area contributed by atoms with Crippen molar-refractivity contribution < 1.29 is 77.1 Å². The van der Waals surface area contributed by atoms with E-state index in [0.29, 0.717) is 12.1 Å². The average Bonchev–Trinajstić information content (AvgIpc) is 3.33. The quantitative estimate of drug-likeness (QED) is 0.00678. The molecule has 422 valence electrons. The Hall–Kier alpha value is -6.53. The highest BCUT2D eigenvalue weighted by Crippen LogP contribution is 2.33. The molecule has 0 saturated carbocycles. The van der Waals surface area contributed by atoms with Crippen LogP contribution in [0.5, 0.6) is 0 Å². The highest BCUT2D eigenvalue weighted by atomic mass is 16.6. The Morgan fingerprint density at radius 2 is 0.730 bits per heavy atom. The van der Waals surface area contributed by atoms with Crippen molar-refractivity contribution in [2.24, 2.45) is 44.0 Å². The number of nitrogens with zero attached hydrogens (tertiary/aromatic N) is 3. The fourth-order valence-corrected chi connectivity index (χ4v) is 5.32. The number of hydrogen-bond donors (Lipinski definition) is 12. The van der Waals surface area contributed by atoms with Crippen LogP contribution in [0.4, 0.5) is 0 Å². The number of hydrazone groups is 3. The van der Waals surface area contributed by atoms with Gasteiger partial charge in [-0.05, 0) is 65.7 Å². The van der Waals surface area contributed by atoms with E-state index in [1.165, 1.54) is 27.2 Å². The predicted octanol–water partition coefficient (Wildman–Crippen LogP) is -1.29. The van der Waals surface area contributed by atoms with Gasteiger partial charge >= 0.3 is 23.9 Å². The lowest BCUT2D eigenvalue weighted by Gasteiger charge is -2.38. The van der Waals surface area contributed by atoms with Gasteiger partial charge in [-0.15, -0.1) is 0 Å². The fraction of sp³-hybridized carbons (Fsp3) is 0.711. The molecule has 29 heteroatoms. The summed E-state index contributed by atoms with van der Waals surface area (Å²) in [5.41, 5.74) is 12.5. The molecule has 0 fully saturated rings. The zero-order valence-corrected chi connectivity index (χ0v) is 44.2. The topological polar surface area (TPSA) is 461 Å². The molecule has 0 bridgehead atoms. The van der Waals surface area contributed by atoms with Crippen molar-refractivity contribution in [3.05, 3.63) is 0 Å². The Morgan fingerprint density at radius 1 is 0.459 bits per heavy atom. The smallest absolute Gasteiger partial charge is 0.306 e. The lowest BCUT2D eigenvalue weighted by molar-refractivity contribution is -0.149. The van der Waals surface area contributed by atoms with Crippen LogP contribution < -0.4 is 55.8 Å². The molecular weight excluding hydrogens is 979 g/mol. The molecule has 2 atom stereocenters. The third kappa shape index (κ3) is 31.8. The maximum absolute atomic E-state index is 12.6. The van der Waals surface area contributed by atoms with E-state index in [9.17, 15) is 58.2 Å². The first-order valence-corrected chi connectivity index (χ1v) is 23.8. The molecule has 29 nitrogen and oxygen atoms in total. The summed E-state index contributed by atoms with van der Waals surface area (Å²) in [6, 6.07) is 0. The van der Waals surface area contributed by atoms with Gasteiger partial charge in [-0.1, -0.05) is 34.1 Å². The third-order valence-corrected chi connectivity index (χ3v) is 10.6. The largest absolute Gasteiger partial charge is 0.466 e. The van der Waals surface area contributed by atoms with E-state index in [1.54, 1.807) is 16.3 Å². The summed E-state index contributed by atoms with van der Waals surface area (Å²) < 4.78 is 20.5. The van der Waals surface area contributed by atoms with Crippen molar-refractivity contribution in [2.45, 2.75) is 175 Å². The summed E-state index contributed by atoms with van der Waals surface area (Å²) in [6.07, 6.45) is -1.44. The molecule has 0 aliphatic rings. The van der Waals surface area contributed by atoms with Gasteiger partial charge in [0.1, 0.15) is 0 Å². The number of rotatable bonds is 34. The molecule has 0 saturated heterocycles. The van der Waals surface area contributed by atoms with Crippen LogP contribution in [0.1, 0.15) is 159 Å². The highest BCUT2D eigenvalue weighted by molar-refractivity contribution is 5.97. The van der Waals surface area contributed by atoms with Gasteiger partial charge in [0.05, 0.1) is 71.4 Å². The molecule has 6 amide bonds. The minimum atomic E-state index is -2.63. The van der Waals surface area contributed by atoms with Crippen LogP contribution in [0.15, 0.2) is 15.3 Å². The molecule has 74 heavy (non-hydrogen) atoms. The van der Waals surface area contributed by atoms with E-state index < -0.39 is 95.8 Å². The molecule has 0 rings (SSSR count). The van der Waals surface area contributed by atoms with Crippen LogP contribution in [0.3, 0.4) is 0 Å². The van der Waals surface area contributed by atoms with Crippen LogP contribution in [0, 0.1) is 5.41 Å².